The molecule has 0 spiro atoms. The zero-order chi connectivity index (χ0) is 14.8. The smallest absolute Gasteiger partial charge is 0.192 e. The summed E-state index contributed by atoms with van der Waals surface area (Å²) in [4.78, 5) is 6.84. The average molecular weight is 273 g/mol. The molecule has 0 aliphatic carbocycles. The van der Waals surface area contributed by atoms with Crippen LogP contribution in [-0.4, -0.2) is 23.9 Å². The van der Waals surface area contributed by atoms with Crippen molar-refractivity contribution >= 4 is 5.96 Å². The first-order valence-electron chi connectivity index (χ1n) is 7.70. The minimum absolute atomic E-state index is 0.0549. The van der Waals surface area contributed by atoms with Crippen molar-refractivity contribution in [3.63, 3.8) is 0 Å². The van der Waals surface area contributed by atoms with Crippen molar-refractivity contribution in [3.05, 3.63) is 35.4 Å². The van der Waals surface area contributed by atoms with Gasteiger partial charge in [-0.1, -0.05) is 52.0 Å². The summed E-state index contributed by atoms with van der Waals surface area (Å²) in [6.45, 7) is 10.6. The number of aryl methyl sites for hydroxylation is 1. The van der Waals surface area contributed by atoms with E-state index in [0.29, 0.717) is 11.9 Å². The molecule has 0 radical (unpaired) electrons. The Labute approximate surface area is 122 Å². The summed E-state index contributed by atoms with van der Waals surface area (Å²) in [5, 5.41) is 0. The molecule has 1 heterocycles. The summed E-state index contributed by atoms with van der Waals surface area (Å²) in [5.41, 5.74) is 8.81. The number of aliphatic imine (C=N–C) groups is 1. The van der Waals surface area contributed by atoms with E-state index in [1.165, 1.54) is 11.1 Å². The van der Waals surface area contributed by atoms with Crippen LogP contribution in [0.4, 0.5) is 0 Å². The van der Waals surface area contributed by atoms with E-state index >= 15 is 0 Å². The Hall–Kier alpha value is -1.51. The standard InChI is InChI=1S/C17H27N3/c1-5-14-7-9-15(10-8-14)17(6-2)12-19-16(18)20(17)11-13(3)4/h7-10,13H,5-6,11-12H2,1-4H3,(H2,18,19). The Morgan fingerprint density at radius 2 is 1.90 bits per heavy atom. The largest absolute Gasteiger partial charge is 0.370 e. The lowest BCUT2D eigenvalue weighted by Crippen LogP contribution is -2.50. The van der Waals surface area contributed by atoms with Crippen LogP contribution in [0.1, 0.15) is 45.2 Å². The molecule has 0 amide bonds. The van der Waals surface area contributed by atoms with Crippen LogP contribution in [0.3, 0.4) is 0 Å². The molecule has 0 saturated carbocycles. The van der Waals surface area contributed by atoms with E-state index in [1.54, 1.807) is 0 Å². The highest BCUT2D eigenvalue weighted by molar-refractivity contribution is 5.81. The molecular formula is C17H27N3. The van der Waals surface area contributed by atoms with E-state index in [-0.39, 0.29) is 5.54 Å². The number of guanidine groups is 1. The zero-order valence-electron chi connectivity index (χ0n) is 13.2. The number of benzene rings is 1. The first-order chi connectivity index (χ1) is 9.53. The van der Waals surface area contributed by atoms with Crippen LogP contribution in [0.5, 0.6) is 0 Å². The molecule has 1 aromatic rings. The topological polar surface area (TPSA) is 41.6 Å². The highest BCUT2D eigenvalue weighted by Gasteiger charge is 2.42. The second kappa shape index (κ2) is 5.86. The lowest BCUT2D eigenvalue weighted by Gasteiger charge is -2.40. The second-order valence-corrected chi connectivity index (χ2v) is 6.11. The molecule has 2 N–H and O–H groups in total. The maximum absolute atomic E-state index is 6.15. The van der Waals surface area contributed by atoms with Crippen molar-refractivity contribution in [2.24, 2.45) is 16.6 Å². The van der Waals surface area contributed by atoms with Crippen LogP contribution in [0.2, 0.25) is 0 Å². The van der Waals surface area contributed by atoms with Gasteiger partial charge in [0.2, 0.25) is 0 Å². The number of rotatable bonds is 5. The van der Waals surface area contributed by atoms with Crippen molar-refractivity contribution in [1.29, 1.82) is 0 Å². The molecule has 110 valence electrons. The van der Waals surface area contributed by atoms with E-state index in [0.717, 1.165) is 25.9 Å². The first kappa shape index (κ1) is 14.9. The van der Waals surface area contributed by atoms with E-state index in [2.05, 4.69) is 61.9 Å². The molecule has 0 aromatic heterocycles. The van der Waals surface area contributed by atoms with Crippen LogP contribution >= 0.6 is 0 Å². The Bertz CT molecular complexity index is 476. The molecule has 3 nitrogen and oxygen atoms in total. The average Bonchev–Trinajstić information content (AvgIpc) is 2.77. The highest BCUT2D eigenvalue weighted by Crippen LogP contribution is 2.36. The van der Waals surface area contributed by atoms with E-state index < -0.39 is 0 Å². The van der Waals surface area contributed by atoms with Crippen LogP contribution in [-0.2, 0) is 12.0 Å². The molecule has 1 aliphatic rings. The van der Waals surface area contributed by atoms with Crippen LogP contribution < -0.4 is 5.73 Å². The molecule has 1 atom stereocenters. The molecule has 1 aliphatic heterocycles. The summed E-state index contributed by atoms with van der Waals surface area (Å²) in [6.07, 6.45) is 2.10. The zero-order valence-corrected chi connectivity index (χ0v) is 13.2. The lowest BCUT2D eigenvalue weighted by molar-refractivity contribution is 0.176. The Kier molecular flexibility index (Phi) is 4.36. The highest BCUT2D eigenvalue weighted by atomic mass is 15.4. The quantitative estimate of drug-likeness (QED) is 0.895. The maximum Gasteiger partial charge on any atom is 0.192 e. The van der Waals surface area contributed by atoms with Gasteiger partial charge >= 0.3 is 0 Å². The van der Waals surface area contributed by atoms with Crippen molar-refractivity contribution in [3.8, 4) is 0 Å². The second-order valence-electron chi connectivity index (χ2n) is 6.11. The fourth-order valence-electron chi connectivity index (χ4n) is 3.04. The third kappa shape index (κ3) is 2.54. The van der Waals surface area contributed by atoms with Crippen molar-refractivity contribution in [2.75, 3.05) is 13.1 Å². The van der Waals surface area contributed by atoms with E-state index in [1.807, 2.05) is 0 Å². The number of hydrogen-bond donors (Lipinski definition) is 1. The van der Waals surface area contributed by atoms with Gasteiger partial charge < -0.3 is 10.6 Å². The van der Waals surface area contributed by atoms with Gasteiger partial charge in [-0.15, -0.1) is 0 Å². The SMILES string of the molecule is CCc1ccc(C2(CC)CN=C(N)N2CC(C)C)cc1. The van der Waals surface area contributed by atoms with Gasteiger partial charge in [0.1, 0.15) is 0 Å². The van der Waals surface area contributed by atoms with Crippen LogP contribution in [0.25, 0.3) is 0 Å². The monoisotopic (exact) mass is 273 g/mol. The van der Waals surface area contributed by atoms with Gasteiger partial charge in [-0.3, -0.25) is 4.99 Å². The van der Waals surface area contributed by atoms with Crippen LogP contribution in [0.15, 0.2) is 29.3 Å². The van der Waals surface area contributed by atoms with Crippen LogP contribution in [0, 0.1) is 5.92 Å². The van der Waals surface area contributed by atoms with Gasteiger partial charge in [-0.05, 0) is 29.9 Å². The van der Waals surface area contributed by atoms with Crippen molar-refractivity contribution in [1.82, 2.24) is 4.90 Å². The molecule has 0 saturated heterocycles. The molecule has 2 rings (SSSR count). The lowest BCUT2D eigenvalue weighted by atomic mass is 9.85. The van der Waals surface area contributed by atoms with Gasteiger partial charge in [0.25, 0.3) is 0 Å². The molecule has 0 bridgehead atoms. The third-order valence-electron chi connectivity index (χ3n) is 4.33. The van der Waals surface area contributed by atoms with Crippen molar-refractivity contribution < 1.29 is 0 Å². The van der Waals surface area contributed by atoms with Gasteiger partial charge in [-0.2, -0.15) is 0 Å². The molecule has 20 heavy (non-hydrogen) atoms. The summed E-state index contributed by atoms with van der Waals surface area (Å²) < 4.78 is 0. The predicted molar refractivity (Wildman–Crippen MR) is 85.8 cm³/mol. The Morgan fingerprint density at radius 3 is 2.40 bits per heavy atom. The molecular weight excluding hydrogens is 246 g/mol. The number of nitrogens with zero attached hydrogens (tertiary/aromatic N) is 2. The fourth-order valence-corrected chi connectivity index (χ4v) is 3.04. The third-order valence-corrected chi connectivity index (χ3v) is 4.33. The maximum atomic E-state index is 6.15. The molecule has 1 aromatic carbocycles. The molecule has 0 fully saturated rings. The normalized spacial score (nSPS) is 22.4. The van der Waals surface area contributed by atoms with Crippen molar-refractivity contribution in [2.45, 2.75) is 46.1 Å². The molecule has 1 unspecified atom stereocenters. The Balaban J connectivity index is 2.36. The summed E-state index contributed by atoms with van der Waals surface area (Å²) in [5.74, 6) is 1.27. The van der Waals surface area contributed by atoms with Gasteiger partial charge in [-0.25, -0.2) is 0 Å². The van der Waals surface area contributed by atoms with Gasteiger partial charge in [0, 0.05) is 6.54 Å². The minimum atomic E-state index is -0.0549. The number of nitrogens with two attached hydrogens (primary N) is 1. The Morgan fingerprint density at radius 1 is 1.25 bits per heavy atom. The summed E-state index contributed by atoms with van der Waals surface area (Å²) in [7, 11) is 0. The minimum Gasteiger partial charge on any atom is -0.370 e. The van der Waals surface area contributed by atoms with E-state index in [9.17, 15) is 0 Å². The fraction of sp³-hybridized carbons (Fsp3) is 0.588. The predicted octanol–water partition coefficient (Wildman–Crippen LogP) is 3.14. The van der Waals surface area contributed by atoms with E-state index in [4.69, 9.17) is 5.73 Å². The molecule has 3 heteroatoms. The van der Waals surface area contributed by atoms with Gasteiger partial charge in [0.05, 0.1) is 12.1 Å². The number of hydrogen-bond acceptors (Lipinski definition) is 3. The summed E-state index contributed by atoms with van der Waals surface area (Å²) in [6, 6.07) is 8.97. The first-order valence-corrected chi connectivity index (χ1v) is 7.70. The summed E-state index contributed by atoms with van der Waals surface area (Å²) >= 11 is 0. The van der Waals surface area contributed by atoms with Gasteiger partial charge in [0.15, 0.2) is 5.96 Å².